The minimum Gasteiger partial charge on any atom is -0.487 e. The number of carbonyl (C=O) groups excluding carboxylic acids is 1. The van der Waals surface area contributed by atoms with Crippen molar-refractivity contribution in [3.05, 3.63) is 88.9 Å². The zero-order valence-corrected chi connectivity index (χ0v) is 20.9. The fourth-order valence-corrected chi connectivity index (χ4v) is 5.68. The van der Waals surface area contributed by atoms with Crippen molar-refractivity contribution in [3.63, 3.8) is 0 Å². The van der Waals surface area contributed by atoms with E-state index in [1.165, 1.54) is 18.2 Å². The molecule has 0 saturated heterocycles. The number of amides is 1. The third-order valence-electron chi connectivity index (χ3n) is 5.70. The van der Waals surface area contributed by atoms with Gasteiger partial charge in [0, 0.05) is 17.0 Å². The van der Waals surface area contributed by atoms with E-state index in [0.29, 0.717) is 22.9 Å². The number of benzene rings is 3. The van der Waals surface area contributed by atoms with Crippen molar-refractivity contribution in [2.75, 3.05) is 10.8 Å². The average Bonchev–Trinajstić information content (AvgIpc) is 2.77. The lowest BCUT2D eigenvalue weighted by atomic mass is 9.89. The molecule has 1 atom stereocenters. The van der Waals surface area contributed by atoms with E-state index in [9.17, 15) is 13.2 Å². The minimum absolute atomic E-state index is 0.100. The molecule has 1 amide bonds. The zero-order valence-electron chi connectivity index (χ0n) is 19.3. The van der Waals surface area contributed by atoms with E-state index < -0.39 is 28.1 Å². The van der Waals surface area contributed by atoms with Gasteiger partial charge in [0.05, 0.1) is 16.6 Å². The standard InChI is InChI=1S/C26H27ClN2O4S/c1-18-11-13-21(14-12-18)34(31,32)29(20-8-6-7-19(27)15-20)17-25(30)28-23-16-26(2,3)33-24-10-5-4-9-22(23)24/h4-15,23H,16-17H2,1-3H3,(H,28,30). The SMILES string of the molecule is Cc1ccc(S(=O)(=O)N(CC(=O)NC2CC(C)(C)Oc3ccccc32)c2cccc(Cl)c2)cc1. The van der Waals surface area contributed by atoms with Crippen LogP contribution in [-0.4, -0.2) is 26.5 Å². The first-order valence-corrected chi connectivity index (χ1v) is 12.8. The molecule has 1 aliphatic rings. The summed E-state index contributed by atoms with van der Waals surface area (Å²) in [6.07, 6.45) is 0.553. The Balaban J connectivity index is 1.65. The molecular weight excluding hydrogens is 472 g/mol. The molecule has 6 nitrogen and oxygen atoms in total. The second kappa shape index (κ2) is 9.31. The van der Waals surface area contributed by atoms with E-state index in [1.54, 1.807) is 30.3 Å². The van der Waals surface area contributed by atoms with Crippen molar-refractivity contribution in [1.82, 2.24) is 5.32 Å². The second-order valence-corrected chi connectivity index (χ2v) is 11.3. The summed E-state index contributed by atoms with van der Waals surface area (Å²) in [4.78, 5) is 13.3. The van der Waals surface area contributed by atoms with Crippen LogP contribution in [0, 0.1) is 6.92 Å². The van der Waals surface area contributed by atoms with Gasteiger partial charge in [-0.05, 0) is 57.2 Å². The molecule has 3 aromatic carbocycles. The Kier molecular flexibility index (Phi) is 6.60. The van der Waals surface area contributed by atoms with Gasteiger partial charge in [-0.15, -0.1) is 0 Å². The third-order valence-corrected chi connectivity index (χ3v) is 7.73. The van der Waals surface area contributed by atoms with Crippen LogP contribution in [0.5, 0.6) is 5.75 Å². The van der Waals surface area contributed by atoms with E-state index in [0.717, 1.165) is 15.4 Å². The highest BCUT2D eigenvalue weighted by Gasteiger charge is 2.35. The lowest BCUT2D eigenvalue weighted by Crippen LogP contribution is -2.45. The fraction of sp³-hybridized carbons (Fsp3) is 0.269. The first-order chi connectivity index (χ1) is 16.0. The number of nitrogens with one attached hydrogen (secondary N) is 1. The van der Waals surface area contributed by atoms with E-state index in [1.807, 2.05) is 45.0 Å². The Labute approximate surface area is 205 Å². The number of fused-ring (bicyclic) bond motifs is 1. The molecule has 0 saturated carbocycles. The Morgan fingerprint density at radius 3 is 2.50 bits per heavy atom. The van der Waals surface area contributed by atoms with Gasteiger partial charge in [-0.1, -0.05) is 53.6 Å². The molecule has 0 aromatic heterocycles. The van der Waals surface area contributed by atoms with Crippen molar-refractivity contribution < 1.29 is 17.9 Å². The van der Waals surface area contributed by atoms with Crippen LogP contribution in [0.15, 0.2) is 77.7 Å². The monoisotopic (exact) mass is 498 g/mol. The van der Waals surface area contributed by atoms with E-state index in [-0.39, 0.29) is 10.9 Å². The van der Waals surface area contributed by atoms with Crippen LogP contribution in [0.1, 0.15) is 37.4 Å². The summed E-state index contributed by atoms with van der Waals surface area (Å²) >= 11 is 6.15. The fourth-order valence-electron chi connectivity index (χ4n) is 4.09. The zero-order chi connectivity index (χ0) is 24.5. The van der Waals surface area contributed by atoms with Crippen LogP contribution in [0.3, 0.4) is 0 Å². The van der Waals surface area contributed by atoms with E-state index in [2.05, 4.69) is 5.32 Å². The molecule has 0 aliphatic carbocycles. The predicted octanol–water partition coefficient (Wildman–Crippen LogP) is 5.26. The number of halogens is 1. The molecule has 0 bridgehead atoms. The Morgan fingerprint density at radius 2 is 1.79 bits per heavy atom. The molecule has 1 heterocycles. The summed E-state index contributed by atoms with van der Waals surface area (Å²) in [5, 5.41) is 3.40. The molecule has 0 spiro atoms. The average molecular weight is 499 g/mol. The van der Waals surface area contributed by atoms with Crippen LogP contribution in [0.2, 0.25) is 5.02 Å². The highest BCUT2D eigenvalue weighted by atomic mass is 35.5. The summed E-state index contributed by atoms with van der Waals surface area (Å²) in [5.74, 6) is 0.288. The number of sulfonamides is 1. The van der Waals surface area contributed by atoms with Gasteiger partial charge >= 0.3 is 0 Å². The lowest BCUT2D eigenvalue weighted by molar-refractivity contribution is -0.120. The molecular formula is C26H27ClN2O4S. The largest absolute Gasteiger partial charge is 0.487 e. The maximum atomic E-state index is 13.6. The number of carbonyl (C=O) groups is 1. The summed E-state index contributed by atoms with van der Waals surface area (Å²) in [7, 11) is -4.02. The third kappa shape index (κ3) is 5.21. The van der Waals surface area contributed by atoms with Crippen molar-refractivity contribution in [1.29, 1.82) is 0 Å². The highest BCUT2D eigenvalue weighted by Crippen LogP contribution is 2.39. The van der Waals surface area contributed by atoms with Gasteiger partial charge in [0.25, 0.3) is 10.0 Å². The van der Waals surface area contributed by atoms with Gasteiger partial charge in [-0.2, -0.15) is 0 Å². The van der Waals surface area contributed by atoms with Gasteiger partial charge in [-0.3, -0.25) is 9.10 Å². The van der Waals surface area contributed by atoms with E-state index >= 15 is 0 Å². The number of aryl methyl sites for hydroxylation is 1. The van der Waals surface area contributed by atoms with Gasteiger partial charge in [0.1, 0.15) is 17.9 Å². The predicted molar refractivity (Wildman–Crippen MR) is 134 cm³/mol. The molecule has 34 heavy (non-hydrogen) atoms. The molecule has 178 valence electrons. The van der Waals surface area contributed by atoms with Crippen molar-refractivity contribution in [2.45, 2.75) is 43.7 Å². The number of anilines is 1. The van der Waals surface area contributed by atoms with Gasteiger partial charge < -0.3 is 10.1 Å². The quantitative estimate of drug-likeness (QED) is 0.503. The number of nitrogens with zero attached hydrogens (tertiary/aromatic N) is 1. The maximum absolute atomic E-state index is 13.6. The smallest absolute Gasteiger partial charge is 0.264 e. The van der Waals surface area contributed by atoms with Crippen LogP contribution < -0.4 is 14.4 Å². The summed E-state index contributed by atoms with van der Waals surface area (Å²) in [6, 6.07) is 20.2. The van der Waals surface area contributed by atoms with Crippen molar-refractivity contribution in [3.8, 4) is 5.75 Å². The van der Waals surface area contributed by atoms with Gasteiger partial charge in [0.2, 0.25) is 5.91 Å². The Morgan fingerprint density at radius 1 is 1.09 bits per heavy atom. The summed E-state index contributed by atoms with van der Waals surface area (Å²) in [6.45, 7) is 5.41. The van der Waals surface area contributed by atoms with Gasteiger partial charge in [-0.25, -0.2) is 8.42 Å². The minimum atomic E-state index is -4.02. The van der Waals surface area contributed by atoms with Crippen LogP contribution >= 0.6 is 11.6 Å². The molecule has 4 rings (SSSR count). The summed E-state index contributed by atoms with van der Waals surface area (Å²) < 4.78 is 34.3. The van der Waals surface area contributed by atoms with Crippen molar-refractivity contribution >= 4 is 33.2 Å². The molecule has 1 N–H and O–H groups in total. The molecule has 0 fully saturated rings. The van der Waals surface area contributed by atoms with Crippen LogP contribution in [0.4, 0.5) is 5.69 Å². The first kappa shape index (κ1) is 24.1. The normalized spacial score (nSPS) is 16.8. The lowest BCUT2D eigenvalue weighted by Gasteiger charge is -2.38. The number of hydrogen-bond acceptors (Lipinski definition) is 4. The molecule has 0 radical (unpaired) electrons. The topological polar surface area (TPSA) is 75.7 Å². The summed E-state index contributed by atoms with van der Waals surface area (Å²) in [5.41, 5.74) is 1.64. The Hall–Kier alpha value is -3.03. The number of rotatable bonds is 6. The number of para-hydroxylation sites is 1. The number of ether oxygens (including phenoxy) is 1. The molecule has 1 aliphatic heterocycles. The van der Waals surface area contributed by atoms with Crippen LogP contribution in [-0.2, 0) is 14.8 Å². The van der Waals surface area contributed by atoms with Gasteiger partial charge in [0.15, 0.2) is 0 Å². The second-order valence-electron chi connectivity index (χ2n) is 9.03. The maximum Gasteiger partial charge on any atom is 0.264 e. The van der Waals surface area contributed by atoms with Crippen LogP contribution in [0.25, 0.3) is 0 Å². The molecule has 3 aromatic rings. The van der Waals surface area contributed by atoms with E-state index in [4.69, 9.17) is 16.3 Å². The first-order valence-electron chi connectivity index (χ1n) is 11.0. The highest BCUT2D eigenvalue weighted by molar-refractivity contribution is 7.92. The Bertz CT molecular complexity index is 1310. The molecule has 1 unspecified atom stereocenters. The number of hydrogen-bond donors (Lipinski definition) is 1. The van der Waals surface area contributed by atoms with Crippen molar-refractivity contribution in [2.24, 2.45) is 0 Å². The molecule has 8 heteroatoms.